The van der Waals surface area contributed by atoms with E-state index < -0.39 is 11.1 Å². The number of ether oxygens (including phenoxy) is 1. The van der Waals surface area contributed by atoms with Crippen molar-refractivity contribution >= 4 is 5.91 Å². The van der Waals surface area contributed by atoms with Gasteiger partial charge in [-0.1, -0.05) is 25.0 Å². The zero-order valence-electron chi connectivity index (χ0n) is 13.3. The van der Waals surface area contributed by atoms with Crippen molar-refractivity contribution in [2.75, 3.05) is 13.2 Å². The molecule has 0 bridgehead atoms. The van der Waals surface area contributed by atoms with Gasteiger partial charge in [0, 0.05) is 13.2 Å². The smallest absolute Gasteiger partial charge is 0.223 e. The Labute approximate surface area is 136 Å². The maximum absolute atomic E-state index is 13.6. The topological polar surface area (TPSA) is 58.6 Å². The molecule has 1 amide bonds. The van der Waals surface area contributed by atoms with Crippen LogP contribution in [0.1, 0.15) is 50.5 Å². The van der Waals surface area contributed by atoms with Gasteiger partial charge in [-0.25, -0.2) is 4.39 Å². The highest BCUT2D eigenvalue weighted by atomic mass is 19.1. The van der Waals surface area contributed by atoms with Crippen LogP contribution in [-0.2, 0) is 15.1 Å². The summed E-state index contributed by atoms with van der Waals surface area (Å²) in [6.45, 7) is 1.06. The molecule has 2 N–H and O–H groups in total. The van der Waals surface area contributed by atoms with Gasteiger partial charge in [0.2, 0.25) is 5.91 Å². The van der Waals surface area contributed by atoms with Gasteiger partial charge in [0.25, 0.3) is 0 Å². The molecule has 4 nitrogen and oxygen atoms in total. The predicted molar refractivity (Wildman–Crippen MR) is 84.3 cm³/mol. The van der Waals surface area contributed by atoms with E-state index in [9.17, 15) is 14.3 Å². The standard InChI is InChI=1S/C18H24FNO3/c19-15-5-3-4-14(12-15)18(8-10-23-11-9-18)20-16(21)13-17(22)6-1-2-7-17/h3-5,12,22H,1-2,6-11,13H2,(H,20,21). The van der Waals surface area contributed by atoms with Crippen LogP contribution in [0.2, 0.25) is 0 Å². The molecule has 1 saturated carbocycles. The van der Waals surface area contributed by atoms with E-state index in [0.717, 1.165) is 18.4 Å². The predicted octanol–water partition coefficient (Wildman–Crippen LogP) is 2.64. The molecule has 3 rings (SSSR count). The number of hydrogen-bond donors (Lipinski definition) is 2. The van der Waals surface area contributed by atoms with Crippen LogP contribution in [0.15, 0.2) is 24.3 Å². The molecular formula is C18H24FNO3. The molecule has 0 radical (unpaired) electrons. The van der Waals surface area contributed by atoms with Crippen molar-refractivity contribution in [3.63, 3.8) is 0 Å². The third kappa shape index (κ3) is 3.72. The number of carbonyl (C=O) groups excluding carboxylic acids is 1. The molecule has 2 aliphatic rings. The zero-order valence-corrected chi connectivity index (χ0v) is 13.3. The second-order valence-electron chi connectivity index (χ2n) is 6.86. The van der Waals surface area contributed by atoms with Gasteiger partial charge in [-0.15, -0.1) is 0 Å². The summed E-state index contributed by atoms with van der Waals surface area (Å²) < 4.78 is 19.1. The lowest BCUT2D eigenvalue weighted by Crippen LogP contribution is -2.51. The molecule has 0 unspecified atom stereocenters. The lowest BCUT2D eigenvalue weighted by molar-refractivity contribution is -0.129. The van der Waals surface area contributed by atoms with Gasteiger partial charge in [0.05, 0.1) is 17.6 Å². The summed E-state index contributed by atoms with van der Waals surface area (Å²) in [4.78, 5) is 12.5. The van der Waals surface area contributed by atoms with Gasteiger partial charge in [0.1, 0.15) is 5.82 Å². The Morgan fingerprint density at radius 2 is 1.91 bits per heavy atom. The number of carbonyl (C=O) groups is 1. The first-order chi connectivity index (χ1) is 11.0. The molecule has 1 heterocycles. The minimum Gasteiger partial charge on any atom is -0.389 e. The van der Waals surface area contributed by atoms with Crippen molar-refractivity contribution in [1.29, 1.82) is 0 Å². The van der Waals surface area contributed by atoms with Crippen LogP contribution < -0.4 is 5.32 Å². The average Bonchev–Trinajstić information content (AvgIpc) is 2.94. The van der Waals surface area contributed by atoms with Crippen LogP contribution in [0.4, 0.5) is 4.39 Å². The second kappa shape index (κ2) is 6.57. The van der Waals surface area contributed by atoms with E-state index in [0.29, 0.717) is 38.9 Å². The molecule has 0 aromatic heterocycles. The Kier molecular flexibility index (Phi) is 4.69. The summed E-state index contributed by atoms with van der Waals surface area (Å²) in [7, 11) is 0. The third-order valence-electron chi connectivity index (χ3n) is 5.13. The maximum atomic E-state index is 13.6. The Morgan fingerprint density at radius 1 is 1.22 bits per heavy atom. The summed E-state index contributed by atoms with van der Waals surface area (Å²) in [5.74, 6) is -0.474. The minimum absolute atomic E-state index is 0.116. The van der Waals surface area contributed by atoms with E-state index in [4.69, 9.17) is 4.74 Å². The Hall–Kier alpha value is -1.46. The van der Waals surface area contributed by atoms with Crippen LogP contribution in [0.25, 0.3) is 0 Å². The summed E-state index contributed by atoms with van der Waals surface area (Å²) in [6, 6.07) is 6.40. The van der Waals surface area contributed by atoms with Gasteiger partial charge >= 0.3 is 0 Å². The highest BCUT2D eigenvalue weighted by Gasteiger charge is 2.39. The molecule has 1 saturated heterocycles. The van der Waals surface area contributed by atoms with Crippen molar-refractivity contribution in [3.05, 3.63) is 35.6 Å². The van der Waals surface area contributed by atoms with Crippen molar-refractivity contribution in [2.45, 2.75) is 56.1 Å². The molecule has 0 atom stereocenters. The molecular weight excluding hydrogens is 297 g/mol. The monoisotopic (exact) mass is 321 g/mol. The van der Waals surface area contributed by atoms with E-state index in [1.165, 1.54) is 12.1 Å². The summed E-state index contributed by atoms with van der Waals surface area (Å²) in [5, 5.41) is 13.5. The van der Waals surface area contributed by atoms with Crippen molar-refractivity contribution in [1.82, 2.24) is 5.32 Å². The Bertz CT molecular complexity index is 563. The first-order valence-corrected chi connectivity index (χ1v) is 8.39. The number of amides is 1. The van der Waals surface area contributed by atoms with E-state index in [2.05, 4.69) is 5.32 Å². The van der Waals surface area contributed by atoms with E-state index in [1.807, 2.05) is 6.07 Å². The fraction of sp³-hybridized carbons (Fsp3) is 0.611. The molecule has 1 aliphatic heterocycles. The van der Waals surface area contributed by atoms with E-state index in [-0.39, 0.29) is 18.1 Å². The van der Waals surface area contributed by atoms with Crippen molar-refractivity contribution < 1.29 is 19.0 Å². The summed E-state index contributed by atoms with van der Waals surface area (Å²) in [6.07, 6.45) is 4.62. The third-order valence-corrected chi connectivity index (χ3v) is 5.13. The van der Waals surface area contributed by atoms with Crippen molar-refractivity contribution in [2.24, 2.45) is 0 Å². The number of nitrogens with one attached hydrogen (secondary N) is 1. The van der Waals surface area contributed by atoms with Gasteiger partial charge in [-0.3, -0.25) is 4.79 Å². The van der Waals surface area contributed by atoms with E-state index >= 15 is 0 Å². The largest absolute Gasteiger partial charge is 0.389 e. The van der Waals surface area contributed by atoms with Crippen LogP contribution in [0.3, 0.4) is 0 Å². The fourth-order valence-corrected chi connectivity index (χ4v) is 3.81. The quantitative estimate of drug-likeness (QED) is 0.896. The highest BCUT2D eigenvalue weighted by Crippen LogP contribution is 2.35. The number of benzene rings is 1. The van der Waals surface area contributed by atoms with Gasteiger partial charge in [0.15, 0.2) is 0 Å². The van der Waals surface area contributed by atoms with Crippen LogP contribution in [-0.4, -0.2) is 29.8 Å². The summed E-state index contributed by atoms with van der Waals surface area (Å²) >= 11 is 0. The average molecular weight is 321 g/mol. The van der Waals surface area contributed by atoms with Crippen LogP contribution in [0.5, 0.6) is 0 Å². The molecule has 0 spiro atoms. The van der Waals surface area contributed by atoms with Gasteiger partial charge in [-0.05, 0) is 43.4 Å². The van der Waals surface area contributed by atoms with Crippen LogP contribution >= 0.6 is 0 Å². The second-order valence-corrected chi connectivity index (χ2v) is 6.86. The lowest BCUT2D eigenvalue weighted by Gasteiger charge is -2.39. The maximum Gasteiger partial charge on any atom is 0.223 e. The zero-order chi connectivity index (χ0) is 16.3. The lowest BCUT2D eigenvalue weighted by atomic mass is 9.82. The molecule has 2 fully saturated rings. The Morgan fingerprint density at radius 3 is 2.57 bits per heavy atom. The molecule has 1 aliphatic carbocycles. The minimum atomic E-state index is -0.877. The molecule has 23 heavy (non-hydrogen) atoms. The molecule has 126 valence electrons. The SMILES string of the molecule is O=C(CC1(O)CCCC1)NC1(c2cccc(F)c2)CCOCC1. The fourth-order valence-electron chi connectivity index (χ4n) is 3.81. The number of rotatable bonds is 4. The highest BCUT2D eigenvalue weighted by molar-refractivity contribution is 5.78. The van der Waals surface area contributed by atoms with Gasteiger partial charge < -0.3 is 15.2 Å². The number of aliphatic hydroxyl groups is 1. The first kappa shape index (κ1) is 16.4. The number of halogens is 1. The van der Waals surface area contributed by atoms with Gasteiger partial charge in [-0.2, -0.15) is 0 Å². The Balaban J connectivity index is 1.78. The first-order valence-electron chi connectivity index (χ1n) is 8.39. The van der Waals surface area contributed by atoms with Crippen molar-refractivity contribution in [3.8, 4) is 0 Å². The molecule has 5 heteroatoms. The van der Waals surface area contributed by atoms with E-state index in [1.54, 1.807) is 6.07 Å². The summed E-state index contributed by atoms with van der Waals surface area (Å²) in [5.41, 5.74) is -0.710. The van der Waals surface area contributed by atoms with Crippen LogP contribution in [0, 0.1) is 5.82 Å². The molecule has 1 aromatic rings. The number of hydrogen-bond acceptors (Lipinski definition) is 3. The normalized spacial score (nSPS) is 22.7. The molecule has 1 aromatic carbocycles.